The average Bonchev–Trinajstić information content (AvgIpc) is 3.14. The van der Waals surface area contributed by atoms with Crippen molar-refractivity contribution < 1.29 is 37.9 Å². The fraction of sp³-hybridized carbons (Fsp3) is 0.689. The van der Waals surface area contributed by atoms with E-state index in [1.807, 2.05) is 0 Å². The molecule has 0 spiro atoms. The summed E-state index contributed by atoms with van der Waals surface area (Å²) in [5.74, 6) is -0.978. The van der Waals surface area contributed by atoms with E-state index < -0.39 is 32.5 Å². The number of carbonyl (C=O) groups is 2. The Morgan fingerprint density at radius 3 is 1.33 bits per heavy atom. The number of phosphoric acid groups is 1. The third-order valence-corrected chi connectivity index (χ3v) is 9.18. The van der Waals surface area contributed by atoms with Crippen molar-refractivity contribution in [1.82, 2.24) is 0 Å². The number of ether oxygens (including phenoxy) is 2. The summed E-state index contributed by atoms with van der Waals surface area (Å²) in [6, 6.07) is 0. The fourth-order valence-electron chi connectivity index (χ4n) is 5.51. The third-order valence-electron chi connectivity index (χ3n) is 8.70. The minimum atomic E-state index is -4.78. The highest BCUT2D eigenvalue weighted by atomic mass is 31.2. The van der Waals surface area contributed by atoms with Crippen LogP contribution in [0.15, 0.2) is 72.9 Å². The molecular formula is C45H77O8P. The van der Waals surface area contributed by atoms with Crippen LogP contribution in [-0.4, -0.2) is 41.0 Å². The Balaban J connectivity index is 4.06. The highest BCUT2D eigenvalue weighted by molar-refractivity contribution is 7.46. The van der Waals surface area contributed by atoms with Gasteiger partial charge in [-0.25, -0.2) is 4.57 Å². The predicted molar refractivity (Wildman–Crippen MR) is 225 cm³/mol. The Labute approximate surface area is 329 Å². The van der Waals surface area contributed by atoms with E-state index in [0.29, 0.717) is 12.8 Å². The number of rotatable bonds is 38. The standard InChI is InChI=1S/C45H77O8P/c1-3-5-7-9-11-13-15-17-19-21-22-24-26-28-30-32-34-36-38-40-45(47)53-43(42-52-54(48,49)50)41-51-44(46)39-37-35-33-31-29-27-25-23-20-18-16-14-12-10-8-6-4-2/h11,13,17,19,22,24-25,27-28,30-31,33,43H,3-10,12,14-16,18,20-21,23,26,29,32,34-42H2,1-2H3,(H2,48,49,50)/b13-11+,19-17+,24-22+,27-25+,30-28+,33-31+/t43-/m1/s1. The van der Waals surface area contributed by atoms with Gasteiger partial charge in [-0.05, 0) is 83.5 Å². The second-order valence-corrected chi connectivity index (χ2v) is 15.2. The summed E-state index contributed by atoms with van der Waals surface area (Å²) in [4.78, 5) is 42.8. The summed E-state index contributed by atoms with van der Waals surface area (Å²) in [7, 11) is -4.78. The average molecular weight is 777 g/mol. The summed E-state index contributed by atoms with van der Waals surface area (Å²) in [5.41, 5.74) is 0. The number of hydrogen-bond donors (Lipinski definition) is 2. The van der Waals surface area contributed by atoms with Gasteiger partial charge >= 0.3 is 19.8 Å². The van der Waals surface area contributed by atoms with Crippen LogP contribution >= 0.6 is 7.82 Å². The molecule has 0 bridgehead atoms. The number of esters is 2. The second kappa shape index (κ2) is 40.2. The van der Waals surface area contributed by atoms with Crippen LogP contribution in [0.4, 0.5) is 0 Å². The van der Waals surface area contributed by atoms with Gasteiger partial charge in [-0.3, -0.25) is 14.1 Å². The molecule has 310 valence electrons. The summed E-state index contributed by atoms with van der Waals surface area (Å²) in [5, 5.41) is 0. The monoisotopic (exact) mass is 777 g/mol. The van der Waals surface area contributed by atoms with Crippen LogP contribution in [0.3, 0.4) is 0 Å². The SMILES string of the molecule is CCCCC/C=C/C/C=C/C/C=C/C/C=C/CCCCCC(=O)O[C@H](COC(=O)CCC/C=C/C/C=C/CCCCCCCCCCC)COP(=O)(O)O. The lowest BCUT2D eigenvalue weighted by Gasteiger charge is -2.18. The maximum absolute atomic E-state index is 12.4. The van der Waals surface area contributed by atoms with Crippen molar-refractivity contribution in [2.45, 2.75) is 187 Å². The van der Waals surface area contributed by atoms with E-state index in [1.54, 1.807) is 0 Å². The Hall–Kier alpha value is -2.51. The van der Waals surface area contributed by atoms with Crippen molar-refractivity contribution in [2.75, 3.05) is 13.2 Å². The van der Waals surface area contributed by atoms with E-state index in [4.69, 9.17) is 19.3 Å². The Morgan fingerprint density at radius 2 is 0.852 bits per heavy atom. The molecule has 0 aliphatic rings. The van der Waals surface area contributed by atoms with Gasteiger partial charge in [0.2, 0.25) is 0 Å². The van der Waals surface area contributed by atoms with Gasteiger partial charge in [0.15, 0.2) is 6.10 Å². The minimum Gasteiger partial charge on any atom is -0.462 e. The maximum atomic E-state index is 12.4. The molecule has 54 heavy (non-hydrogen) atoms. The molecule has 0 unspecified atom stereocenters. The second-order valence-electron chi connectivity index (χ2n) is 14.0. The first-order chi connectivity index (χ1) is 26.3. The van der Waals surface area contributed by atoms with Gasteiger partial charge in [0, 0.05) is 12.8 Å². The Bertz CT molecular complexity index is 1100. The van der Waals surface area contributed by atoms with Crippen molar-refractivity contribution in [3.8, 4) is 0 Å². The number of carbonyl (C=O) groups excluding carboxylic acids is 2. The molecule has 2 N–H and O–H groups in total. The highest BCUT2D eigenvalue weighted by Gasteiger charge is 2.22. The van der Waals surface area contributed by atoms with Gasteiger partial charge in [-0.1, -0.05) is 157 Å². The molecule has 0 aromatic rings. The van der Waals surface area contributed by atoms with Crippen LogP contribution in [0.1, 0.15) is 181 Å². The number of unbranched alkanes of at least 4 members (excludes halogenated alkanes) is 16. The molecule has 0 aromatic heterocycles. The summed E-state index contributed by atoms with van der Waals surface area (Å²) in [6.45, 7) is 3.59. The normalized spacial score (nSPS) is 13.2. The van der Waals surface area contributed by atoms with Crippen LogP contribution in [0.25, 0.3) is 0 Å². The lowest BCUT2D eigenvalue weighted by atomic mass is 10.1. The molecule has 0 aliphatic heterocycles. The first kappa shape index (κ1) is 51.5. The van der Waals surface area contributed by atoms with E-state index in [-0.39, 0.29) is 19.4 Å². The summed E-state index contributed by atoms with van der Waals surface area (Å²) in [6.07, 6.45) is 52.0. The van der Waals surface area contributed by atoms with Crippen LogP contribution in [0.2, 0.25) is 0 Å². The predicted octanol–water partition coefficient (Wildman–Crippen LogP) is 13.1. The molecular weight excluding hydrogens is 699 g/mol. The third kappa shape index (κ3) is 42.2. The zero-order valence-corrected chi connectivity index (χ0v) is 35.0. The largest absolute Gasteiger partial charge is 0.469 e. The minimum absolute atomic E-state index is 0.162. The molecule has 0 amide bonds. The fourth-order valence-corrected chi connectivity index (χ4v) is 5.87. The first-order valence-electron chi connectivity index (χ1n) is 21.2. The van der Waals surface area contributed by atoms with Crippen LogP contribution < -0.4 is 0 Å². The van der Waals surface area contributed by atoms with Gasteiger partial charge in [0.1, 0.15) is 6.61 Å². The molecule has 0 saturated heterocycles. The number of phosphoric ester groups is 1. The number of hydrogen-bond acceptors (Lipinski definition) is 6. The summed E-state index contributed by atoms with van der Waals surface area (Å²) >= 11 is 0. The quantitative estimate of drug-likeness (QED) is 0.0275. The van der Waals surface area contributed by atoms with Crippen molar-refractivity contribution in [3.63, 3.8) is 0 Å². The van der Waals surface area contributed by atoms with E-state index in [9.17, 15) is 14.2 Å². The maximum Gasteiger partial charge on any atom is 0.469 e. The summed E-state index contributed by atoms with van der Waals surface area (Å²) < 4.78 is 26.3. The molecule has 0 saturated carbocycles. The molecule has 0 aliphatic carbocycles. The zero-order valence-electron chi connectivity index (χ0n) is 34.1. The van der Waals surface area contributed by atoms with Gasteiger partial charge in [0.25, 0.3) is 0 Å². The van der Waals surface area contributed by atoms with E-state index in [1.165, 1.54) is 83.5 Å². The van der Waals surface area contributed by atoms with Gasteiger partial charge in [-0.15, -0.1) is 0 Å². The topological polar surface area (TPSA) is 119 Å². The molecule has 0 fully saturated rings. The van der Waals surface area contributed by atoms with E-state index in [2.05, 4.69) is 91.3 Å². The van der Waals surface area contributed by atoms with Crippen LogP contribution in [0, 0.1) is 0 Å². The molecule has 9 heteroatoms. The van der Waals surface area contributed by atoms with E-state index >= 15 is 0 Å². The molecule has 0 aromatic carbocycles. The van der Waals surface area contributed by atoms with Crippen LogP contribution in [-0.2, 0) is 28.2 Å². The lowest BCUT2D eigenvalue weighted by Crippen LogP contribution is -2.29. The smallest absolute Gasteiger partial charge is 0.462 e. The first-order valence-corrected chi connectivity index (χ1v) is 22.8. The molecule has 0 rings (SSSR count). The molecule has 0 heterocycles. The van der Waals surface area contributed by atoms with Gasteiger partial charge < -0.3 is 19.3 Å². The Kier molecular flexibility index (Phi) is 38.3. The number of allylic oxidation sites excluding steroid dienone is 12. The highest BCUT2D eigenvalue weighted by Crippen LogP contribution is 2.36. The van der Waals surface area contributed by atoms with Crippen molar-refractivity contribution in [2.24, 2.45) is 0 Å². The van der Waals surface area contributed by atoms with Crippen molar-refractivity contribution >= 4 is 19.8 Å². The molecule has 0 radical (unpaired) electrons. The zero-order chi connectivity index (χ0) is 39.6. The molecule has 1 atom stereocenters. The van der Waals surface area contributed by atoms with Crippen molar-refractivity contribution in [1.29, 1.82) is 0 Å². The van der Waals surface area contributed by atoms with Gasteiger partial charge in [0.05, 0.1) is 6.61 Å². The van der Waals surface area contributed by atoms with Gasteiger partial charge in [-0.2, -0.15) is 0 Å². The van der Waals surface area contributed by atoms with Crippen LogP contribution in [0.5, 0.6) is 0 Å². The lowest BCUT2D eigenvalue weighted by molar-refractivity contribution is -0.161. The van der Waals surface area contributed by atoms with Crippen molar-refractivity contribution in [3.05, 3.63) is 72.9 Å². The Morgan fingerprint density at radius 1 is 0.481 bits per heavy atom. The molecule has 8 nitrogen and oxygen atoms in total. The van der Waals surface area contributed by atoms with E-state index in [0.717, 1.165) is 57.8 Å².